The lowest BCUT2D eigenvalue weighted by molar-refractivity contribution is -0.211. The van der Waals surface area contributed by atoms with Gasteiger partial charge in [-0.2, -0.15) is 4.98 Å². The minimum atomic E-state index is -1.15. The molecule has 8 heteroatoms. The number of carboxylic acid groups (broad SMARTS) is 1. The molecule has 4 fully saturated rings. The summed E-state index contributed by atoms with van der Waals surface area (Å²) in [6.07, 6.45) is 5.19. The van der Waals surface area contributed by atoms with Gasteiger partial charge < -0.3 is 14.5 Å². The highest BCUT2D eigenvalue weighted by Crippen LogP contribution is 2.70. The molecule has 4 aliphatic carbocycles. The van der Waals surface area contributed by atoms with E-state index in [0.29, 0.717) is 56.9 Å². The van der Waals surface area contributed by atoms with E-state index in [2.05, 4.69) is 10.1 Å². The van der Waals surface area contributed by atoms with E-state index in [0.717, 1.165) is 29.9 Å². The molecule has 2 bridgehead atoms. The maximum absolute atomic E-state index is 14.1. The number of anilines is 1. The second-order valence-corrected chi connectivity index (χ2v) is 9.41. The van der Waals surface area contributed by atoms with Crippen molar-refractivity contribution >= 4 is 17.6 Å². The Balaban J connectivity index is 1.33. The highest BCUT2D eigenvalue weighted by Gasteiger charge is 2.73. The monoisotopic (exact) mass is 427 g/mol. The van der Waals surface area contributed by atoms with Gasteiger partial charge >= 0.3 is 5.97 Å². The third kappa shape index (κ3) is 3.83. The molecule has 0 radical (unpaired) electrons. The summed E-state index contributed by atoms with van der Waals surface area (Å²) >= 11 is 0. The van der Waals surface area contributed by atoms with Gasteiger partial charge in [0.25, 0.3) is 5.89 Å². The predicted molar refractivity (Wildman–Crippen MR) is 110 cm³/mol. The number of carbonyl (C=O) groups is 2. The summed E-state index contributed by atoms with van der Waals surface area (Å²) in [4.78, 5) is 30.3. The first-order valence-electron chi connectivity index (χ1n) is 11.0. The van der Waals surface area contributed by atoms with Crippen LogP contribution in [0.1, 0.15) is 69.5 Å². The summed E-state index contributed by atoms with van der Waals surface area (Å²) in [7, 11) is 0. The fraction of sp³-hybridized carbons (Fsp3) is 0.565. The lowest BCUT2D eigenvalue weighted by Crippen LogP contribution is -2.70. The van der Waals surface area contributed by atoms with Gasteiger partial charge in [0, 0.05) is 30.1 Å². The van der Waals surface area contributed by atoms with Gasteiger partial charge in [0.1, 0.15) is 5.67 Å². The Labute approximate surface area is 179 Å². The minimum absolute atomic E-state index is 0.0355. The van der Waals surface area contributed by atoms with Crippen LogP contribution in [0.5, 0.6) is 0 Å². The van der Waals surface area contributed by atoms with Crippen molar-refractivity contribution in [3.05, 3.63) is 30.1 Å². The normalized spacial score (nSPS) is 26.1. The third-order valence-corrected chi connectivity index (χ3v) is 6.73. The summed E-state index contributed by atoms with van der Waals surface area (Å²) in [5.74, 6) is 0.709. The number of carboxylic acids is 1. The average Bonchev–Trinajstić information content (AvgIpc) is 3.43. The van der Waals surface area contributed by atoms with Crippen LogP contribution in [-0.2, 0) is 9.59 Å². The molecule has 7 nitrogen and oxygen atoms in total. The standard InChI is InChI=1S/C23H26FN3O4/c24-23-12-22(13-23,14-23)21(30)27(10-3-1-2-7-18(28)29)17-6-4-5-16(11-17)20-25-19(26-31-20)15-8-9-15/h4-6,11,15H,1-3,7-10,12-14H2,(H,28,29). The molecule has 4 aliphatic rings. The molecule has 31 heavy (non-hydrogen) atoms. The number of aliphatic carboxylic acids is 1. The van der Waals surface area contributed by atoms with Crippen LogP contribution in [-0.4, -0.2) is 39.3 Å². The van der Waals surface area contributed by atoms with Crippen molar-refractivity contribution in [2.24, 2.45) is 5.41 Å². The predicted octanol–water partition coefficient (Wildman–Crippen LogP) is 4.48. The van der Waals surface area contributed by atoms with E-state index in [4.69, 9.17) is 9.63 Å². The van der Waals surface area contributed by atoms with E-state index in [1.54, 1.807) is 4.90 Å². The van der Waals surface area contributed by atoms with E-state index >= 15 is 0 Å². The van der Waals surface area contributed by atoms with Crippen molar-refractivity contribution in [1.29, 1.82) is 0 Å². The highest BCUT2D eigenvalue weighted by atomic mass is 19.1. The molecule has 0 unspecified atom stereocenters. The molecule has 0 saturated heterocycles. The first kappa shape index (κ1) is 20.2. The molecule has 1 heterocycles. The van der Waals surface area contributed by atoms with E-state index in [-0.39, 0.29) is 12.3 Å². The van der Waals surface area contributed by atoms with Gasteiger partial charge in [-0.3, -0.25) is 9.59 Å². The number of hydrogen-bond donors (Lipinski definition) is 1. The summed E-state index contributed by atoms with van der Waals surface area (Å²) in [6.45, 7) is 0.472. The fourth-order valence-corrected chi connectivity index (χ4v) is 4.91. The molecule has 0 spiro atoms. The van der Waals surface area contributed by atoms with Crippen molar-refractivity contribution in [1.82, 2.24) is 10.1 Å². The zero-order chi connectivity index (χ0) is 21.6. The van der Waals surface area contributed by atoms with Gasteiger partial charge in [-0.1, -0.05) is 17.6 Å². The Bertz CT molecular complexity index is 996. The molecule has 1 aromatic heterocycles. The number of unbranched alkanes of at least 4 members (excludes halogenated alkanes) is 2. The van der Waals surface area contributed by atoms with Crippen molar-refractivity contribution in [2.75, 3.05) is 11.4 Å². The van der Waals surface area contributed by atoms with Gasteiger partial charge in [0.15, 0.2) is 5.82 Å². The molecule has 164 valence electrons. The van der Waals surface area contributed by atoms with Crippen LogP contribution in [0, 0.1) is 5.41 Å². The van der Waals surface area contributed by atoms with Crippen molar-refractivity contribution in [3.63, 3.8) is 0 Å². The third-order valence-electron chi connectivity index (χ3n) is 6.73. The Hall–Kier alpha value is -2.77. The molecule has 2 aromatic rings. The maximum Gasteiger partial charge on any atom is 0.303 e. The quantitative estimate of drug-likeness (QED) is 0.562. The number of nitrogens with zero attached hydrogens (tertiary/aromatic N) is 3. The summed E-state index contributed by atoms with van der Waals surface area (Å²) in [6, 6.07) is 7.47. The lowest BCUT2D eigenvalue weighted by atomic mass is 9.42. The van der Waals surface area contributed by atoms with Crippen molar-refractivity contribution < 1.29 is 23.6 Å². The van der Waals surface area contributed by atoms with E-state index in [9.17, 15) is 14.0 Å². The van der Waals surface area contributed by atoms with Crippen LogP contribution in [0.2, 0.25) is 0 Å². The Morgan fingerprint density at radius 3 is 2.65 bits per heavy atom. The van der Waals surface area contributed by atoms with E-state index < -0.39 is 17.1 Å². The van der Waals surface area contributed by atoms with Crippen LogP contribution in [0.25, 0.3) is 11.5 Å². The molecule has 1 amide bonds. The Morgan fingerprint density at radius 2 is 1.97 bits per heavy atom. The molecule has 0 aliphatic heterocycles. The van der Waals surface area contributed by atoms with Gasteiger partial charge in [-0.15, -0.1) is 0 Å². The van der Waals surface area contributed by atoms with E-state index in [1.165, 1.54) is 0 Å². The topological polar surface area (TPSA) is 96.5 Å². The van der Waals surface area contributed by atoms with Crippen LogP contribution >= 0.6 is 0 Å². The first-order valence-corrected chi connectivity index (χ1v) is 11.0. The Kier molecular flexibility index (Phi) is 4.83. The number of amides is 1. The molecule has 0 atom stereocenters. The molecule has 1 N–H and O–H groups in total. The minimum Gasteiger partial charge on any atom is -0.481 e. The zero-order valence-corrected chi connectivity index (χ0v) is 17.3. The largest absolute Gasteiger partial charge is 0.481 e. The fourth-order valence-electron chi connectivity index (χ4n) is 4.91. The summed E-state index contributed by atoms with van der Waals surface area (Å²) in [5, 5.41) is 12.9. The maximum atomic E-state index is 14.1. The number of halogens is 1. The molecule has 1 aromatic carbocycles. The van der Waals surface area contributed by atoms with Gasteiger partial charge in [-0.25, -0.2) is 4.39 Å². The van der Waals surface area contributed by atoms with Crippen LogP contribution < -0.4 is 4.90 Å². The number of aromatic nitrogens is 2. The van der Waals surface area contributed by atoms with Gasteiger partial charge in [0.2, 0.25) is 5.91 Å². The molecular formula is C23H26FN3O4. The molecule has 4 saturated carbocycles. The summed E-state index contributed by atoms with van der Waals surface area (Å²) < 4.78 is 19.5. The molecular weight excluding hydrogens is 401 g/mol. The second kappa shape index (κ2) is 7.43. The van der Waals surface area contributed by atoms with Gasteiger partial charge in [-0.05, 0) is 63.1 Å². The zero-order valence-electron chi connectivity index (χ0n) is 17.3. The molecule has 6 rings (SSSR count). The van der Waals surface area contributed by atoms with Crippen molar-refractivity contribution in [3.8, 4) is 11.5 Å². The number of carbonyl (C=O) groups excluding carboxylic acids is 1. The lowest BCUT2D eigenvalue weighted by Gasteiger charge is -2.65. The first-order chi connectivity index (χ1) is 14.9. The highest BCUT2D eigenvalue weighted by molar-refractivity contribution is 6.00. The number of benzene rings is 1. The SMILES string of the molecule is O=C(O)CCCCCN(C(=O)C12CC(F)(C1)C2)c1cccc(-c2nc(C3CC3)no2)c1. The van der Waals surface area contributed by atoms with Crippen LogP contribution in [0.4, 0.5) is 10.1 Å². The Morgan fingerprint density at radius 1 is 1.19 bits per heavy atom. The van der Waals surface area contributed by atoms with E-state index in [1.807, 2.05) is 24.3 Å². The van der Waals surface area contributed by atoms with Crippen LogP contribution in [0.15, 0.2) is 28.8 Å². The number of hydrogen-bond acceptors (Lipinski definition) is 5. The average molecular weight is 427 g/mol. The van der Waals surface area contributed by atoms with Crippen molar-refractivity contribution in [2.45, 2.75) is 69.4 Å². The second-order valence-electron chi connectivity index (χ2n) is 9.41. The van der Waals surface area contributed by atoms with Crippen LogP contribution in [0.3, 0.4) is 0 Å². The number of alkyl halides is 1. The summed E-state index contributed by atoms with van der Waals surface area (Å²) in [5.41, 5.74) is -0.243. The number of rotatable bonds is 10. The van der Waals surface area contributed by atoms with Gasteiger partial charge in [0.05, 0.1) is 5.41 Å². The smallest absolute Gasteiger partial charge is 0.303 e.